The number of rotatable bonds is 5. The molecule has 0 aromatic heterocycles. The fourth-order valence-corrected chi connectivity index (χ4v) is 3.21. The lowest BCUT2D eigenvalue weighted by atomic mass is 9.96. The van der Waals surface area contributed by atoms with Crippen LogP contribution in [-0.2, 0) is 0 Å². The lowest BCUT2D eigenvalue weighted by molar-refractivity contribution is 0.545. The van der Waals surface area contributed by atoms with E-state index in [1.165, 1.54) is 6.07 Å². The number of nitrogens with one attached hydrogen (secondary N) is 1. The zero-order valence-electron chi connectivity index (χ0n) is 12.1. The number of halogens is 3. The maximum atomic E-state index is 14.3. The van der Waals surface area contributed by atoms with Crippen LogP contribution in [0.25, 0.3) is 0 Å². The molecule has 0 saturated carbocycles. The molecule has 0 heterocycles. The molecule has 1 N–H and O–H groups in total. The van der Waals surface area contributed by atoms with Crippen LogP contribution < -0.4 is 5.32 Å². The fourth-order valence-electron chi connectivity index (χ4n) is 2.30. The lowest BCUT2D eigenvalue weighted by Gasteiger charge is -2.22. The molecule has 1 atom stereocenters. The number of hydrogen-bond donors (Lipinski definition) is 1. The highest BCUT2D eigenvalue weighted by molar-refractivity contribution is 9.10. The van der Waals surface area contributed by atoms with Crippen LogP contribution in [-0.4, -0.2) is 6.54 Å². The van der Waals surface area contributed by atoms with Gasteiger partial charge in [-0.3, -0.25) is 0 Å². The van der Waals surface area contributed by atoms with Gasteiger partial charge in [0.2, 0.25) is 0 Å². The standard InChI is InChI=1S/C17H18BrClFN/c1-3-8-21-17(13-6-5-12(19)10-15(13)18)14-9-11(2)4-7-16(14)20/h4-7,9-10,17,21H,3,8H2,1-2H3. The zero-order chi connectivity index (χ0) is 15.4. The van der Waals surface area contributed by atoms with Crippen LogP contribution in [0.4, 0.5) is 4.39 Å². The average Bonchev–Trinajstić information content (AvgIpc) is 2.44. The molecule has 0 aliphatic heterocycles. The van der Waals surface area contributed by atoms with E-state index in [0.29, 0.717) is 10.6 Å². The Hall–Kier alpha value is -0.900. The van der Waals surface area contributed by atoms with Gasteiger partial charge in [0.25, 0.3) is 0 Å². The molecule has 0 fully saturated rings. The van der Waals surface area contributed by atoms with Gasteiger partial charge in [-0.2, -0.15) is 0 Å². The SMILES string of the molecule is CCCNC(c1cc(C)ccc1F)c1ccc(Cl)cc1Br. The fraction of sp³-hybridized carbons (Fsp3) is 0.294. The van der Waals surface area contributed by atoms with E-state index >= 15 is 0 Å². The van der Waals surface area contributed by atoms with Crippen molar-refractivity contribution in [2.24, 2.45) is 0 Å². The summed E-state index contributed by atoms with van der Waals surface area (Å²) in [5.74, 6) is -0.198. The van der Waals surface area contributed by atoms with Crippen LogP contribution in [0.2, 0.25) is 5.02 Å². The molecule has 0 radical (unpaired) electrons. The summed E-state index contributed by atoms with van der Waals surface area (Å²) >= 11 is 9.54. The van der Waals surface area contributed by atoms with Crippen LogP contribution >= 0.6 is 27.5 Å². The van der Waals surface area contributed by atoms with Crippen LogP contribution in [0.15, 0.2) is 40.9 Å². The van der Waals surface area contributed by atoms with Crippen molar-refractivity contribution in [3.05, 3.63) is 68.4 Å². The third-order valence-corrected chi connectivity index (χ3v) is 4.26. The maximum Gasteiger partial charge on any atom is 0.128 e. The van der Waals surface area contributed by atoms with Gasteiger partial charge in [-0.05, 0) is 43.7 Å². The van der Waals surface area contributed by atoms with E-state index in [9.17, 15) is 4.39 Å². The summed E-state index contributed by atoms with van der Waals surface area (Å²) in [5, 5.41) is 4.07. The Morgan fingerprint density at radius 3 is 2.62 bits per heavy atom. The van der Waals surface area contributed by atoms with Crippen molar-refractivity contribution in [3.8, 4) is 0 Å². The summed E-state index contributed by atoms with van der Waals surface area (Å²) in [5.41, 5.74) is 2.68. The predicted molar refractivity (Wildman–Crippen MR) is 90.4 cm³/mol. The van der Waals surface area contributed by atoms with Gasteiger partial charge in [-0.25, -0.2) is 4.39 Å². The number of benzene rings is 2. The molecule has 0 bridgehead atoms. The summed E-state index contributed by atoms with van der Waals surface area (Å²) in [4.78, 5) is 0. The molecular weight excluding hydrogens is 353 g/mol. The summed E-state index contributed by atoms with van der Waals surface area (Å²) in [6.07, 6.45) is 0.981. The van der Waals surface area contributed by atoms with Crippen LogP contribution in [0.5, 0.6) is 0 Å². The molecule has 0 aliphatic rings. The van der Waals surface area contributed by atoms with Gasteiger partial charge < -0.3 is 5.32 Å². The van der Waals surface area contributed by atoms with Crippen molar-refractivity contribution >= 4 is 27.5 Å². The highest BCUT2D eigenvalue weighted by Gasteiger charge is 2.19. The van der Waals surface area contributed by atoms with Gasteiger partial charge in [0.05, 0.1) is 6.04 Å². The molecule has 0 saturated heterocycles. The summed E-state index contributed by atoms with van der Waals surface area (Å²) in [7, 11) is 0. The number of hydrogen-bond acceptors (Lipinski definition) is 1. The minimum absolute atomic E-state index is 0.198. The molecule has 2 aromatic carbocycles. The first-order chi connectivity index (χ1) is 10.0. The monoisotopic (exact) mass is 369 g/mol. The third-order valence-electron chi connectivity index (χ3n) is 3.33. The van der Waals surface area contributed by atoms with E-state index in [0.717, 1.165) is 28.6 Å². The van der Waals surface area contributed by atoms with Gasteiger partial charge >= 0.3 is 0 Å². The summed E-state index contributed by atoms with van der Waals surface area (Å²) in [6, 6.07) is 10.6. The van der Waals surface area contributed by atoms with E-state index < -0.39 is 0 Å². The second kappa shape index (κ2) is 7.39. The minimum atomic E-state index is -0.198. The Balaban J connectivity index is 2.49. The summed E-state index contributed by atoms with van der Waals surface area (Å²) in [6.45, 7) is 4.87. The van der Waals surface area contributed by atoms with Crippen molar-refractivity contribution < 1.29 is 4.39 Å². The van der Waals surface area contributed by atoms with Crippen molar-refractivity contribution in [3.63, 3.8) is 0 Å². The Morgan fingerprint density at radius 1 is 1.19 bits per heavy atom. The van der Waals surface area contributed by atoms with Crippen LogP contribution in [0, 0.1) is 12.7 Å². The predicted octanol–water partition coefficient (Wildman–Crippen LogP) is 5.64. The number of aryl methyl sites for hydroxylation is 1. The molecule has 1 nitrogen and oxygen atoms in total. The van der Waals surface area contributed by atoms with E-state index in [1.807, 2.05) is 31.2 Å². The van der Waals surface area contributed by atoms with E-state index in [4.69, 9.17) is 11.6 Å². The molecular formula is C17H18BrClFN. The Bertz CT molecular complexity index is 630. The molecule has 0 amide bonds. The van der Waals surface area contributed by atoms with Gasteiger partial charge in [-0.15, -0.1) is 0 Å². The van der Waals surface area contributed by atoms with Crippen LogP contribution in [0.1, 0.15) is 36.1 Å². The largest absolute Gasteiger partial charge is 0.306 e. The van der Waals surface area contributed by atoms with Crippen molar-refractivity contribution in [2.45, 2.75) is 26.3 Å². The van der Waals surface area contributed by atoms with E-state index in [1.54, 1.807) is 6.07 Å². The van der Waals surface area contributed by atoms with Crippen molar-refractivity contribution in [2.75, 3.05) is 6.54 Å². The van der Waals surface area contributed by atoms with Crippen LogP contribution in [0.3, 0.4) is 0 Å². The lowest BCUT2D eigenvalue weighted by Crippen LogP contribution is -2.24. The molecule has 2 aromatic rings. The molecule has 21 heavy (non-hydrogen) atoms. The second-order valence-electron chi connectivity index (χ2n) is 5.08. The van der Waals surface area contributed by atoms with Gasteiger partial charge in [0, 0.05) is 15.1 Å². The minimum Gasteiger partial charge on any atom is -0.306 e. The Morgan fingerprint density at radius 2 is 1.95 bits per heavy atom. The van der Waals surface area contributed by atoms with Gasteiger partial charge in [0.15, 0.2) is 0 Å². The Labute approximate surface area is 138 Å². The molecule has 1 unspecified atom stereocenters. The average molecular weight is 371 g/mol. The first-order valence-corrected chi connectivity index (χ1v) is 8.14. The maximum absolute atomic E-state index is 14.3. The highest BCUT2D eigenvalue weighted by Crippen LogP contribution is 2.32. The highest BCUT2D eigenvalue weighted by atomic mass is 79.9. The smallest absolute Gasteiger partial charge is 0.128 e. The molecule has 0 spiro atoms. The third kappa shape index (κ3) is 4.06. The topological polar surface area (TPSA) is 12.0 Å². The quantitative estimate of drug-likeness (QED) is 0.718. The van der Waals surface area contributed by atoms with Gasteiger partial charge in [-0.1, -0.05) is 58.2 Å². The second-order valence-corrected chi connectivity index (χ2v) is 6.37. The molecule has 2 rings (SSSR count). The zero-order valence-corrected chi connectivity index (χ0v) is 14.4. The van der Waals surface area contributed by atoms with E-state index in [2.05, 4.69) is 28.2 Å². The van der Waals surface area contributed by atoms with Crippen molar-refractivity contribution in [1.82, 2.24) is 5.32 Å². The summed E-state index contributed by atoms with van der Waals surface area (Å²) < 4.78 is 15.1. The molecule has 0 aliphatic carbocycles. The van der Waals surface area contributed by atoms with Gasteiger partial charge in [0.1, 0.15) is 5.82 Å². The molecule has 4 heteroatoms. The van der Waals surface area contributed by atoms with Crippen molar-refractivity contribution in [1.29, 1.82) is 0 Å². The van der Waals surface area contributed by atoms with E-state index in [-0.39, 0.29) is 11.9 Å². The normalized spacial score (nSPS) is 12.4. The molecule has 112 valence electrons. The Kier molecular flexibility index (Phi) is 5.80. The first-order valence-electron chi connectivity index (χ1n) is 6.97. The first kappa shape index (κ1) is 16.5.